The van der Waals surface area contributed by atoms with Crippen LogP contribution in [0.15, 0.2) is 36.4 Å². The Balaban J connectivity index is 2.29. The number of benzene rings is 2. The van der Waals surface area contributed by atoms with Gasteiger partial charge in [-0.3, -0.25) is 4.79 Å². The van der Waals surface area contributed by atoms with E-state index >= 15 is 0 Å². The smallest absolute Gasteiger partial charge is 0.258 e. The van der Waals surface area contributed by atoms with E-state index in [1.54, 1.807) is 0 Å². The summed E-state index contributed by atoms with van der Waals surface area (Å²) >= 11 is 0. The van der Waals surface area contributed by atoms with E-state index in [0.29, 0.717) is 5.75 Å². The zero-order chi connectivity index (χ0) is 15.2. The second-order valence-corrected chi connectivity index (χ2v) is 4.72. The SMILES string of the molecule is C[C@@H](N)c1ccc2ccccc2c1OCC(=O)NCC#N. The molecule has 0 unspecified atom stereocenters. The van der Waals surface area contributed by atoms with Gasteiger partial charge < -0.3 is 15.8 Å². The van der Waals surface area contributed by atoms with Gasteiger partial charge in [-0.25, -0.2) is 0 Å². The molecule has 0 aromatic heterocycles. The lowest BCUT2D eigenvalue weighted by atomic mass is 10.0. The van der Waals surface area contributed by atoms with E-state index in [1.165, 1.54) is 0 Å². The summed E-state index contributed by atoms with van der Waals surface area (Å²) in [5.74, 6) is 0.287. The predicted octanol–water partition coefficient (Wildman–Crippen LogP) is 1.88. The van der Waals surface area contributed by atoms with Crippen molar-refractivity contribution in [1.29, 1.82) is 5.26 Å². The van der Waals surface area contributed by atoms with Crippen LogP contribution in [0.1, 0.15) is 18.5 Å². The Kier molecular flexibility index (Phi) is 4.75. The molecule has 0 aliphatic rings. The first kappa shape index (κ1) is 14.8. The minimum absolute atomic E-state index is 0.0299. The molecule has 21 heavy (non-hydrogen) atoms. The monoisotopic (exact) mass is 283 g/mol. The maximum absolute atomic E-state index is 11.6. The van der Waals surface area contributed by atoms with Gasteiger partial charge in [0.05, 0.1) is 6.07 Å². The van der Waals surface area contributed by atoms with E-state index in [0.717, 1.165) is 16.3 Å². The van der Waals surface area contributed by atoms with Crippen molar-refractivity contribution in [3.63, 3.8) is 0 Å². The first-order valence-corrected chi connectivity index (χ1v) is 6.67. The van der Waals surface area contributed by atoms with Gasteiger partial charge in [-0.05, 0) is 12.3 Å². The van der Waals surface area contributed by atoms with Crippen molar-refractivity contribution < 1.29 is 9.53 Å². The minimum atomic E-state index is -0.333. The van der Waals surface area contributed by atoms with Gasteiger partial charge in [-0.15, -0.1) is 0 Å². The zero-order valence-electron chi connectivity index (χ0n) is 11.8. The van der Waals surface area contributed by atoms with Crippen molar-refractivity contribution in [3.8, 4) is 11.8 Å². The topological polar surface area (TPSA) is 88.1 Å². The Morgan fingerprint density at radius 3 is 2.86 bits per heavy atom. The van der Waals surface area contributed by atoms with Crippen LogP contribution in [0.5, 0.6) is 5.75 Å². The van der Waals surface area contributed by atoms with Crippen molar-refractivity contribution in [3.05, 3.63) is 42.0 Å². The molecular formula is C16H17N3O2. The summed E-state index contributed by atoms with van der Waals surface area (Å²) in [5.41, 5.74) is 6.82. The molecule has 5 nitrogen and oxygen atoms in total. The van der Waals surface area contributed by atoms with Crippen LogP contribution >= 0.6 is 0 Å². The van der Waals surface area contributed by atoms with Crippen LogP contribution in [0.25, 0.3) is 10.8 Å². The van der Waals surface area contributed by atoms with Crippen LogP contribution in [0.3, 0.4) is 0 Å². The van der Waals surface area contributed by atoms with Crippen molar-refractivity contribution >= 4 is 16.7 Å². The Labute approximate surface area is 123 Å². The minimum Gasteiger partial charge on any atom is -0.483 e. The van der Waals surface area contributed by atoms with Crippen LogP contribution in [0.4, 0.5) is 0 Å². The Hall–Kier alpha value is -2.58. The normalized spacial score (nSPS) is 11.7. The predicted molar refractivity (Wildman–Crippen MR) is 80.7 cm³/mol. The molecule has 1 atom stereocenters. The molecule has 0 fully saturated rings. The number of hydrogen-bond acceptors (Lipinski definition) is 4. The number of ether oxygens (including phenoxy) is 1. The number of carbonyl (C=O) groups excluding carboxylic acids is 1. The molecule has 0 aliphatic carbocycles. The van der Waals surface area contributed by atoms with E-state index in [4.69, 9.17) is 15.7 Å². The second kappa shape index (κ2) is 6.73. The van der Waals surface area contributed by atoms with Crippen molar-refractivity contribution in [1.82, 2.24) is 5.32 Å². The van der Waals surface area contributed by atoms with E-state index in [9.17, 15) is 4.79 Å². The lowest BCUT2D eigenvalue weighted by Gasteiger charge is -2.16. The summed E-state index contributed by atoms with van der Waals surface area (Å²) < 4.78 is 5.67. The molecule has 5 heteroatoms. The van der Waals surface area contributed by atoms with Gasteiger partial charge in [-0.1, -0.05) is 36.4 Å². The number of hydrogen-bond donors (Lipinski definition) is 2. The lowest BCUT2D eigenvalue weighted by Crippen LogP contribution is -2.29. The van der Waals surface area contributed by atoms with Crippen LogP contribution in [0.2, 0.25) is 0 Å². The Morgan fingerprint density at radius 2 is 2.14 bits per heavy atom. The van der Waals surface area contributed by atoms with Crippen LogP contribution in [-0.2, 0) is 4.79 Å². The average molecular weight is 283 g/mol. The molecule has 0 saturated carbocycles. The third-order valence-electron chi connectivity index (χ3n) is 3.11. The highest BCUT2D eigenvalue weighted by molar-refractivity contribution is 5.90. The van der Waals surface area contributed by atoms with Gasteiger partial charge in [-0.2, -0.15) is 5.26 Å². The zero-order valence-corrected chi connectivity index (χ0v) is 11.8. The fourth-order valence-electron chi connectivity index (χ4n) is 2.11. The summed E-state index contributed by atoms with van der Waals surface area (Å²) in [5, 5.41) is 12.8. The average Bonchev–Trinajstić information content (AvgIpc) is 2.50. The second-order valence-electron chi connectivity index (χ2n) is 4.72. The highest BCUT2D eigenvalue weighted by atomic mass is 16.5. The van der Waals surface area contributed by atoms with Gasteiger partial charge in [0, 0.05) is 17.0 Å². The molecule has 0 spiro atoms. The first-order chi connectivity index (χ1) is 10.1. The summed E-state index contributed by atoms with van der Waals surface area (Å²) in [7, 11) is 0. The quantitative estimate of drug-likeness (QED) is 0.820. The van der Waals surface area contributed by atoms with Gasteiger partial charge in [0.2, 0.25) is 0 Å². The van der Waals surface area contributed by atoms with Crippen LogP contribution in [0, 0.1) is 11.3 Å². The largest absolute Gasteiger partial charge is 0.483 e. The maximum Gasteiger partial charge on any atom is 0.258 e. The summed E-state index contributed by atoms with van der Waals surface area (Å²) in [6.07, 6.45) is 0. The van der Waals surface area contributed by atoms with E-state index in [1.807, 2.05) is 49.4 Å². The molecule has 0 aliphatic heterocycles. The molecule has 2 aromatic carbocycles. The van der Waals surface area contributed by atoms with Crippen molar-refractivity contribution in [2.45, 2.75) is 13.0 Å². The number of carbonyl (C=O) groups is 1. The van der Waals surface area contributed by atoms with Crippen LogP contribution < -0.4 is 15.8 Å². The molecule has 0 saturated heterocycles. The molecule has 0 heterocycles. The number of nitrogens with two attached hydrogens (primary N) is 1. The number of rotatable bonds is 5. The molecule has 0 radical (unpaired) electrons. The van der Waals surface area contributed by atoms with Crippen molar-refractivity contribution in [2.75, 3.05) is 13.2 Å². The van der Waals surface area contributed by atoms with Gasteiger partial charge in [0.25, 0.3) is 5.91 Å². The van der Waals surface area contributed by atoms with Crippen LogP contribution in [-0.4, -0.2) is 19.1 Å². The van der Waals surface area contributed by atoms with Gasteiger partial charge in [0.1, 0.15) is 12.3 Å². The highest BCUT2D eigenvalue weighted by Gasteiger charge is 2.13. The number of amides is 1. The third kappa shape index (κ3) is 3.50. The molecular weight excluding hydrogens is 266 g/mol. The summed E-state index contributed by atoms with van der Waals surface area (Å²) in [6.45, 7) is 1.69. The van der Waals surface area contributed by atoms with Crippen molar-refractivity contribution in [2.24, 2.45) is 5.73 Å². The molecule has 108 valence electrons. The molecule has 0 bridgehead atoms. The Bertz CT molecular complexity index is 689. The fourth-order valence-corrected chi connectivity index (χ4v) is 2.11. The number of nitrogens with zero attached hydrogens (tertiary/aromatic N) is 1. The lowest BCUT2D eigenvalue weighted by molar-refractivity contribution is -0.122. The fraction of sp³-hybridized carbons (Fsp3) is 0.250. The van der Waals surface area contributed by atoms with Gasteiger partial charge in [0.15, 0.2) is 6.61 Å². The molecule has 1 amide bonds. The maximum atomic E-state index is 11.6. The van der Waals surface area contributed by atoms with E-state index in [-0.39, 0.29) is 25.1 Å². The molecule has 2 aromatic rings. The molecule has 3 N–H and O–H groups in total. The number of nitriles is 1. The van der Waals surface area contributed by atoms with E-state index < -0.39 is 0 Å². The molecule has 2 rings (SSSR count). The first-order valence-electron chi connectivity index (χ1n) is 6.67. The highest BCUT2D eigenvalue weighted by Crippen LogP contribution is 2.32. The standard InChI is InChI=1S/C16H17N3O2/c1-11(18)13-7-6-12-4-2-3-5-14(12)16(13)21-10-15(20)19-9-8-17/h2-7,11H,9-10,18H2,1H3,(H,19,20)/t11-/m1/s1. The number of fused-ring (bicyclic) bond motifs is 1. The van der Waals surface area contributed by atoms with E-state index in [2.05, 4.69) is 5.32 Å². The Morgan fingerprint density at radius 1 is 1.38 bits per heavy atom. The summed E-state index contributed by atoms with van der Waals surface area (Å²) in [6, 6.07) is 13.3. The summed E-state index contributed by atoms with van der Waals surface area (Å²) in [4.78, 5) is 11.6. The van der Waals surface area contributed by atoms with Gasteiger partial charge >= 0.3 is 0 Å². The number of nitrogens with one attached hydrogen (secondary N) is 1. The third-order valence-corrected chi connectivity index (χ3v) is 3.11.